The van der Waals surface area contributed by atoms with Gasteiger partial charge in [-0.15, -0.1) is 0 Å². The van der Waals surface area contributed by atoms with Gasteiger partial charge in [-0.1, -0.05) is 34.1 Å². The van der Waals surface area contributed by atoms with Crippen LogP contribution in [0, 0.1) is 5.92 Å². The average molecular weight is 185 g/mol. The Morgan fingerprint density at radius 3 is 2.00 bits per heavy atom. The van der Waals surface area contributed by atoms with Crippen LogP contribution in [-0.2, 0) is 0 Å². The zero-order chi connectivity index (χ0) is 10.1. The molecule has 0 aromatic carbocycles. The van der Waals surface area contributed by atoms with Gasteiger partial charge in [0.05, 0.1) is 0 Å². The summed E-state index contributed by atoms with van der Waals surface area (Å²) in [5.41, 5.74) is 0. The number of hydrogen-bond donors (Lipinski definition) is 0. The summed E-state index contributed by atoms with van der Waals surface area (Å²) in [6.45, 7) is 12.7. The zero-order valence-electron chi connectivity index (χ0n) is 9.97. The van der Waals surface area contributed by atoms with E-state index in [1.54, 1.807) is 0 Å². The molecular formula is C12H27N. The normalized spacial score (nSPS) is 18.2. The molecule has 0 N–H and O–H groups in total. The van der Waals surface area contributed by atoms with E-state index in [-0.39, 0.29) is 0 Å². The minimum absolute atomic E-state index is 0.872. The van der Waals surface area contributed by atoms with E-state index in [2.05, 4.69) is 18.7 Å². The molecule has 0 aromatic heterocycles. The summed E-state index contributed by atoms with van der Waals surface area (Å²) >= 11 is 0. The molecule has 1 heteroatoms. The predicted octanol–water partition coefficient (Wildman–Crippen LogP) is 3.54. The van der Waals surface area contributed by atoms with E-state index in [1.807, 2.05) is 13.8 Å². The maximum absolute atomic E-state index is 2.61. The minimum Gasteiger partial charge on any atom is -0.303 e. The second-order valence-electron chi connectivity index (χ2n) is 4.08. The van der Waals surface area contributed by atoms with E-state index in [0.29, 0.717) is 0 Å². The first-order chi connectivity index (χ1) is 6.29. The third-order valence-corrected chi connectivity index (χ3v) is 2.47. The maximum Gasteiger partial charge on any atom is -0.00163 e. The molecule has 13 heavy (non-hydrogen) atoms. The van der Waals surface area contributed by atoms with Crippen LogP contribution in [0.15, 0.2) is 0 Å². The summed E-state index contributed by atoms with van der Waals surface area (Å²) in [7, 11) is 0. The van der Waals surface area contributed by atoms with Crippen molar-refractivity contribution in [1.82, 2.24) is 4.90 Å². The van der Waals surface area contributed by atoms with Crippen molar-refractivity contribution in [2.75, 3.05) is 19.6 Å². The fraction of sp³-hybridized carbons (Fsp3) is 1.00. The highest BCUT2D eigenvalue weighted by Crippen LogP contribution is 2.10. The Kier molecular flexibility index (Phi) is 8.53. The Bertz CT molecular complexity index is 93.3. The summed E-state index contributed by atoms with van der Waals surface area (Å²) in [5.74, 6) is 0.872. The molecule has 0 unspecified atom stereocenters. The first kappa shape index (κ1) is 13.0. The summed E-state index contributed by atoms with van der Waals surface area (Å²) in [4.78, 5) is 2.61. The molecule has 1 saturated heterocycles. The van der Waals surface area contributed by atoms with Crippen molar-refractivity contribution in [2.24, 2.45) is 5.92 Å². The van der Waals surface area contributed by atoms with Crippen molar-refractivity contribution in [2.45, 2.75) is 53.4 Å². The number of hydrogen-bond acceptors (Lipinski definition) is 1. The average Bonchev–Trinajstić information content (AvgIpc) is 2.19. The maximum atomic E-state index is 2.61. The molecule has 1 heterocycles. The van der Waals surface area contributed by atoms with Gasteiger partial charge < -0.3 is 4.90 Å². The Morgan fingerprint density at radius 1 is 1.00 bits per heavy atom. The quantitative estimate of drug-likeness (QED) is 0.650. The van der Waals surface area contributed by atoms with Crippen LogP contribution in [0.2, 0.25) is 0 Å². The lowest BCUT2D eigenvalue weighted by Crippen LogP contribution is -2.31. The Morgan fingerprint density at radius 2 is 1.54 bits per heavy atom. The molecule has 80 valence electrons. The van der Waals surface area contributed by atoms with Crippen LogP contribution in [0.1, 0.15) is 53.4 Å². The molecule has 1 fully saturated rings. The van der Waals surface area contributed by atoms with Crippen LogP contribution in [0.3, 0.4) is 0 Å². The van der Waals surface area contributed by atoms with Gasteiger partial charge in [0.15, 0.2) is 0 Å². The highest BCUT2D eigenvalue weighted by molar-refractivity contribution is 4.64. The van der Waals surface area contributed by atoms with Gasteiger partial charge in [-0.05, 0) is 44.8 Å². The fourth-order valence-electron chi connectivity index (χ4n) is 1.62. The van der Waals surface area contributed by atoms with Crippen molar-refractivity contribution < 1.29 is 0 Å². The van der Waals surface area contributed by atoms with Gasteiger partial charge >= 0.3 is 0 Å². The summed E-state index contributed by atoms with van der Waals surface area (Å²) in [6.07, 6.45) is 5.69. The molecule has 1 aliphatic heterocycles. The molecule has 0 saturated carbocycles. The molecule has 1 rings (SSSR count). The molecule has 1 nitrogen and oxygen atoms in total. The van der Waals surface area contributed by atoms with Gasteiger partial charge in [0.2, 0.25) is 0 Å². The van der Waals surface area contributed by atoms with Crippen LogP contribution >= 0.6 is 0 Å². The van der Waals surface area contributed by atoms with Gasteiger partial charge in [0, 0.05) is 0 Å². The van der Waals surface area contributed by atoms with E-state index in [9.17, 15) is 0 Å². The number of likely N-dealkylation sites (tertiary alicyclic amines) is 1. The number of piperidine rings is 1. The Balaban J connectivity index is 0.000000671. The fourth-order valence-corrected chi connectivity index (χ4v) is 1.62. The van der Waals surface area contributed by atoms with Crippen molar-refractivity contribution in [3.05, 3.63) is 0 Å². The van der Waals surface area contributed by atoms with Gasteiger partial charge in [-0.2, -0.15) is 0 Å². The second-order valence-corrected chi connectivity index (χ2v) is 4.08. The van der Waals surface area contributed by atoms with E-state index in [1.165, 1.54) is 45.3 Å². The smallest absolute Gasteiger partial charge is 0.00163 e. The molecule has 1 aliphatic rings. The molecule has 0 bridgehead atoms. The Hall–Kier alpha value is -0.0400. The molecule has 0 spiro atoms. The van der Waals surface area contributed by atoms with Crippen LogP contribution < -0.4 is 0 Å². The van der Waals surface area contributed by atoms with Crippen molar-refractivity contribution in [1.29, 1.82) is 0 Å². The van der Waals surface area contributed by atoms with E-state index in [0.717, 1.165) is 5.92 Å². The highest BCUT2D eigenvalue weighted by atomic mass is 15.1. The predicted molar refractivity (Wildman–Crippen MR) is 61.1 cm³/mol. The van der Waals surface area contributed by atoms with Crippen LogP contribution in [0.5, 0.6) is 0 Å². The lowest BCUT2D eigenvalue weighted by Gasteiger charge is -2.26. The van der Waals surface area contributed by atoms with Crippen LogP contribution in [0.25, 0.3) is 0 Å². The summed E-state index contributed by atoms with van der Waals surface area (Å²) in [6, 6.07) is 0. The largest absolute Gasteiger partial charge is 0.303 e. The third kappa shape index (κ3) is 7.06. The van der Waals surface area contributed by atoms with E-state index >= 15 is 0 Å². The highest BCUT2D eigenvalue weighted by Gasteiger charge is 2.09. The van der Waals surface area contributed by atoms with Gasteiger partial charge in [0.1, 0.15) is 0 Å². The minimum atomic E-state index is 0.872. The van der Waals surface area contributed by atoms with Crippen molar-refractivity contribution >= 4 is 0 Å². The standard InChI is InChI=1S/C10H21N.C2H6/c1-10(2)6-9-11-7-4-3-5-8-11;1-2/h10H,3-9H2,1-2H3;1-2H3. The van der Waals surface area contributed by atoms with Gasteiger partial charge in [-0.3, -0.25) is 0 Å². The van der Waals surface area contributed by atoms with Gasteiger partial charge in [0.25, 0.3) is 0 Å². The van der Waals surface area contributed by atoms with Crippen LogP contribution in [-0.4, -0.2) is 24.5 Å². The summed E-state index contributed by atoms with van der Waals surface area (Å²) < 4.78 is 0. The lowest BCUT2D eigenvalue weighted by molar-refractivity contribution is 0.217. The molecular weight excluding hydrogens is 158 g/mol. The SMILES string of the molecule is CC.CC(C)CCN1CCCCC1. The van der Waals surface area contributed by atoms with Gasteiger partial charge in [-0.25, -0.2) is 0 Å². The monoisotopic (exact) mass is 185 g/mol. The first-order valence-electron chi connectivity index (χ1n) is 6.01. The first-order valence-corrected chi connectivity index (χ1v) is 6.01. The summed E-state index contributed by atoms with van der Waals surface area (Å²) in [5, 5.41) is 0. The lowest BCUT2D eigenvalue weighted by atomic mass is 10.1. The molecule has 0 aromatic rings. The topological polar surface area (TPSA) is 3.24 Å². The molecule has 0 amide bonds. The second kappa shape index (κ2) is 8.55. The van der Waals surface area contributed by atoms with Crippen molar-refractivity contribution in [3.63, 3.8) is 0 Å². The van der Waals surface area contributed by atoms with E-state index < -0.39 is 0 Å². The zero-order valence-corrected chi connectivity index (χ0v) is 9.97. The molecule has 0 radical (unpaired) electrons. The number of nitrogens with zero attached hydrogens (tertiary/aromatic N) is 1. The van der Waals surface area contributed by atoms with Crippen LogP contribution in [0.4, 0.5) is 0 Å². The molecule has 0 aliphatic carbocycles. The molecule has 0 atom stereocenters. The van der Waals surface area contributed by atoms with Crippen molar-refractivity contribution in [3.8, 4) is 0 Å². The Labute approximate surface area is 84.5 Å². The third-order valence-electron chi connectivity index (χ3n) is 2.47. The van der Waals surface area contributed by atoms with E-state index in [4.69, 9.17) is 0 Å². The number of rotatable bonds is 3.